The third kappa shape index (κ3) is 5.59. The second-order valence-corrected chi connectivity index (χ2v) is 7.21. The summed E-state index contributed by atoms with van der Waals surface area (Å²) in [5, 5.41) is 2.71. The van der Waals surface area contributed by atoms with Crippen LogP contribution in [0.2, 0.25) is 0 Å². The van der Waals surface area contributed by atoms with Crippen molar-refractivity contribution in [2.24, 2.45) is 5.92 Å². The normalized spacial score (nSPS) is 15.4. The van der Waals surface area contributed by atoms with Gasteiger partial charge in [0.2, 0.25) is 5.91 Å². The van der Waals surface area contributed by atoms with Crippen LogP contribution in [0.3, 0.4) is 0 Å². The summed E-state index contributed by atoms with van der Waals surface area (Å²) in [6, 6.07) is 4.03. The van der Waals surface area contributed by atoms with Crippen LogP contribution in [-0.4, -0.2) is 45.9 Å². The number of carbonyl (C=O) groups is 2. The van der Waals surface area contributed by atoms with Crippen LogP contribution >= 0.6 is 0 Å². The van der Waals surface area contributed by atoms with Crippen LogP contribution in [0.1, 0.15) is 41.1 Å². The molecule has 1 aromatic heterocycles. The monoisotopic (exact) mass is 444 g/mol. The minimum absolute atomic E-state index is 0.158. The van der Waals surface area contributed by atoms with Crippen LogP contribution in [0.5, 0.6) is 0 Å². The number of alkyl halides is 5. The zero-order valence-corrected chi connectivity index (χ0v) is 16.4. The summed E-state index contributed by atoms with van der Waals surface area (Å²) < 4.78 is 64.2. The van der Waals surface area contributed by atoms with Crippen LogP contribution in [0, 0.1) is 5.92 Å². The van der Waals surface area contributed by atoms with E-state index >= 15 is 0 Å². The fourth-order valence-electron chi connectivity index (χ4n) is 3.49. The van der Waals surface area contributed by atoms with Gasteiger partial charge >= 0.3 is 12.7 Å². The van der Waals surface area contributed by atoms with Crippen LogP contribution in [-0.2, 0) is 17.4 Å². The van der Waals surface area contributed by atoms with Crippen molar-refractivity contribution in [3.8, 4) is 0 Å². The van der Waals surface area contributed by atoms with Crippen molar-refractivity contribution in [2.45, 2.75) is 32.0 Å². The van der Waals surface area contributed by atoms with E-state index in [9.17, 15) is 31.5 Å². The summed E-state index contributed by atoms with van der Waals surface area (Å²) >= 11 is 0. The summed E-state index contributed by atoms with van der Waals surface area (Å²) in [6.45, 7) is -1.94. The molecule has 1 aromatic carbocycles. The van der Waals surface area contributed by atoms with Gasteiger partial charge in [-0.15, -0.1) is 0 Å². The van der Waals surface area contributed by atoms with Crippen molar-refractivity contribution >= 4 is 11.8 Å². The van der Waals surface area contributed by atoms with Gasteiger partial charge in [-0.2, -0.15) is 22.0 Å². The predicted molar refractivity (Wildman–Crippen MR) is 100 cm³/mol. The van der Waals surface area contributed by atoms with Gasteiger partial charge in [0, 0.05) is 49.9 Å². The molecule has 2 amide bonds. The molecule has 0 aliphatic carbocycles. The highest BCUT2D eigenvalue weighted by Gasteiger charge is 2.31. The molecule has 3 rings (SSSR count). The first kappa shape index (κ1) is 22.7. The van der Waals surface area contributed by atoms with Crippen molar-refractivity contribution < 1.29 is 31.5 Å². The van der Waals surface area contributed by atoms with Gasteiger partial charge in [0.25, 0.3) is 5.91 Å². The average molecular weight is 444 g/mol. The van der Waals surface area contributed by atoms with E-state index in [2.05, 4.69) is 10.3 Å². The number of carbonyl (C=O) groups excluding carboxylic acids is 2. The SMILES string of the molecule is O=C(NCCc1nccn1C(F)F)C1CCN(C(=O)c2ccc(C(F)(F)F)cc2)CC1. The topological polar surface area (TPSA) is 67.2 Å². The fourth-order valence-corrected chi connectivity index (χ4v) is 3.49. The molecule has 1 aliphatic heterocycles. The standard InChI is InChI=1S/C20H21F5N4O2/c21-19(22)29-12-9-26-16(29)5-8-27-17(30)13-6-10-28(11-7-13)18(31)14-1-3-15(4-2-14)20(23,24)25/h1-4,9,12-13,19H,5-8,10-11H2,(H,27,30). The van der Waals surface area contributed by atoms with Crippen molar-refractivity contribution in [2.75, 3.05) is 19.6 Å². The molecule has 1 aliphatic rings. The maximum Gasteiger partial charge on any atom is 0.416 e. The molecular formula is C20H21F5N4O2. The van der Waals surface area contributed by atoms with Gasteiger partial charge < -0.3 is 10.2 Å². The summed E-state index contributed by atoms with van der Waals surface area (Å²) in [5.41, 5.74) is -0.666. The van der Waals surface area contributed by atoms with Crippen molar-refractivity contribution in [1.82, 2.24) is 19.8 Å². The van der Waals surface area contributed by atoms with E-state index in [4.69, 9.17) is 0 Å². The van der Waals surface area contributed by atoms with Gasteiger partial charge in [0.1, 0.15) is 5.82 Å². The molecule has 0 atom stereocenters. The Hall–Kier alpha value is -2.98. The zero-order valence-electron chi connectivity index (χ0n) is 16.4. The van der Waals surface area contributed by atoms with Crippen molar-refractivity contribution in [1.29, 1.82) is 0 Å². The lowest BCUT2D eigenvalue weighted by Gasteiger charge is -2.31. The predicted octanol–water partition coefficient (Wildman–Crippen LogP) is 3.51. The first-order valence-corrected chi connectivity index (χ1v) is 9.71. The summed E-state index contributed by atoms with van der Waals surface area (Å²) in [4.78, 5) is 30.2. The minimum atomic E-state index is -4.47. The number of amides is 2. The number of benzene rings is 1. The fraction of sp³-hybridized carbons (Fsp3) is 0.450. The Balaban J connectivity index is 1.46. The number of aromatic nitrogens is 2. The van der Waals surface area contributed by atoms with Crippen LogP contribution in [0.4, 0.5) is 22.0 Å². The third-order valence-corrected chi connectivity index (χ3v) is 5.22. The van der Waals surface area contributed by atoms with Crippen LogP contribution < -0.4 is 5.32 Å². The van der Waals surface area contributed by atoms with Crippen molar-refractivity contribution in [3.05, 3.63) is 53.6 Å². The maximum absolute atomic E-state index is 12.8. The van der Waals surface area contributed by atoms with Gasteiger partial charge in [-0.1, -0.05) is 0 Å². The molecule has 168 valence electrons. The lowest BCUT2D eigenvalue weighted by atomic mass is 9.95. The number of likely N-dealkylation sites (tertiary alicyclic amines) is 1. The molecule has 2 aromatic rings. The molecular weight excluding hydrogens is 423 g/mol. The molecule has 2 heterocycles. The zero-order chi connectivity index (χ0) is 22.6. The van der Waals surface area contributed by atoms with E-state index in [1.807, 2.05) is 0 Å². The second-order valence-electron chi connectivity index (χ2n) is 7.21. The Kier molecular flexibility index (Phi) is 6.91. The highest BCUT2D eigenvalue weighted by atomic mass is 19.4. The molecule has 0 saturated carbocycles. The number of hydrogen-bond acceptors (Lipinski definition) is 3. The summed E-state index contributed by atoms with van der Waals surface area (Å²) in [6.07, 6.45) is -1.05. The smallest absolute Gasteiger partial charge is 0.355 e. The Morgan fingerprint density at radius 1 is 1.13 bits per heavy atom. The number of imidazole rings is 1. The van der Waals surface area contributed by atoms with Gasteiger partial charge in [0.15, 0.2) is 0 Å². The molecule has 0 spiro atoms. The van der Waals surface area contributed by atoms with Crippen LogP contribution in [0.15, 0.2) is 36.7 Å². The van der Waals surface area contributed by atoms with E-state index in [-0.39, 0.29) is 42.1 Å². The number of rotatable bonds is 6. The number of halogens is 5. The van der Waals surface area contributed by atoms with Crippen LogP contribution in [0.25, 0.3) is 0 Å². The molecule has 0 bridgehead atoms. The Labute approximate surface area is 175 Å². The number of piperidine rings is 1. The van der Waals surface area contributed by atoms with Gasteiger partial charge in [-0.25, -0.2) is 4.98 Å². The molecule has 11 heteroatoms. The lowest BCUT2D eigenvalue weighted by Crippen LogP contribution is -2.43. The Morgan fingerprint density at radius 3 is 2.35 bits per heavy atom. The molecule has 31 heavy (non-hydrogen) atoms. The first-order valence-electron chi connectivity index (χ1n) is 9.71. The minimum Gasteiger partial charge on any atom is -0.355 e. The molecule has 6 nitrogen and oxygen atoms in total. The van der Waals surface area contributed by atoms with E-state index in [0.29, 0.717) is 25.9 Å². The van der Waals surface area contributed by atoms with E-state index in [1.165, 1.54) is 17.3 Å². The highest BCUT2D eigenvalue weighted by molar-refractivity contribution is 5.94. The molecule has 1 N–H and O–H groups in total. The number of nitrogens with one attached hydrogen (secondary N) is 1. The third-order valence-electron chi connectivity index (χ3n) is 5.22. The lowest BCUT2D eigenvalue weighted by molar-refractivity contribution is -0.137. The molecule has 0 unspecified atom stereocenters. The van der Waals surface area contributed by atoms with E-state index < -0.39 is 18.3 Å². The van der Waals surface area contributed by atoms with E-state index in [0.717, 1.165) is 28.8 Å². The van der Waals surface area contributed by atoms with Gasteiger partial charge in [-0.05, 0) is 37.1 Å². The summed E-state index contributed by atoms with van der Waals surface area (Å²) in [5.74, 6) is -0.762. The van der Waals surface area contributed by atoms with Gasteiger partial charge in [-0.3, -0.25) is 14.2 Å². The quantitative estimate of drug-likeness (QED) is 0.694. The average Bonchev–Trinajstić information content (AvgIpc) is 3.21. The van der Waals surface area contributed by atoms with E-state index in [1.54, 1.807) is 0 Å². The molecule has 0 radical (unpaired) electrons. The van der Waals surface area contributed by atoms with Crippen molar-refractivity contribution in [3.63, 3.8) is 0 Å². The van der Waals surface area contributed by atoms with Gasteiger partial charge in [0.05, 0.1) is 5.56 Å². The molecule has 1 saturated heterocycles. The Morgan fingerprint density at radius 2 is 1.77 bits per heavy atom. The molecule has 1 fully saturated rings. The summed E-state index contributed by atoms with van der Waals surface area (Å²) in [7, 11) is 0. The first-order chi connectivity index (χ1) is 14.7. The maximum atomic E-state index is 12.8. The Bertz CT molecular complexity index is 903. The highest BCUT2D eigenvalue weighted by Crippen LogP contribution is 2.29. The second kappa shape index (κ2) is 9.44. The number of nitrogens with zero attached hydrogens (tertiary/aromatic N) is 3. The largest absolute Gasteiger partial charge is 0.416 e. The number of hydrogen-bond donors (Lipinski definition) is 1.